The highest BCUT2D eigenvalue weighted by Gasteiger charge is 2.34. The van der Waals surface area contributed by atoms with E-state index < -0.39 is 0 Å². The Morgan fingerprint density at radius 3 is 2.71 bits per heavy atom. The number of benzene rings is 2. The van der Waals surface area contributed by atoms with Gasteiger partial charge in [0.05, 0.1) is 17.3 Å². The van der Waals surface area contributed by atoms with Crippen LogP contribution in [-0.2, 0) is 11.3 Å². The highest BCUT2D eigenvalue weighted by atomic mass is 35.5. The second-order valence-electron chi connectivity index (χ2n) is 7.65. The maximum absolute atomic E-state index is 13.9. The Morgan fingerprint density at radius 2 is 1.97 bits per heavy atom. The van der Waals surface area contributed by atoms with Crippen LogP contribution in [0.2, 0.25) is 5.02 Å². The lowest BCUT2D eigenvalue weighted by Gasteiger charge is -2.09. The third-order valence-corrected chi connectivity index (χ3v) is 5.53. The fourth-order valence-electron chi connectivity index (χ4n) is 3.44. The lowest BCUT2D eigenvalue weighted by molar-refractivity contribution is -0.493. The monoisotopic (exact) mass is 436 g/mol. The first kappa shape index (κ1) is 19.7. The fourth-order valence-corrected chi connectivity index (χ4v) is 3.60. The zero-order chi connectivity index (χ0) is 21.4. The van der Waals surface area contributed by atoms with Crippen molar-refractivity contribution in [3.8, 4) is 11.3 Å². The van der Waals surface area contributed by atoms with E-state index in [2.05, 4.69) is 15.4 Å². The van der Waals surface area contributed by atoms with E-state index in [0.717, 1.165) is 29.7 Å². The number of nitrogens with zero attached hydrogens (tertiary/aromatic N) is 3. The van der Waals surface area contributed by atoms with Crippen molar-refractivity contribution in [1.82, 2.24) is 14.6 Å². The van der Waals surface area contributed by atoms with E-state index in [1.807, 2.05) is 42.5 Å². The molecule has 8 heteroatoms. The minimum atomic E-state index is -0.380. The topological polar surface area (TPSA) is 75.9 Å². The van der Waals surface area contributed by atoms with Crippen molar-refractivity contribution in [3.05, 3.63) is 77.1 Å². The molecule has 0 aliphatic heterocycles. The lowest BCUT2D eigenvalue weighted by Crippen LogP contribution is -2.83. The normalized spacial score (nSPS) is 13.5. The number of fused-ring (bicyclic) bond motifs is 1. The molecule has 0 bridgehead atoms. The predicted molar refractivity (Wildman–Crippen MR) is 116 cm³/mol. The van der Waals surface area contributed by atoms with E-state index >= 15 is 0 Å². The summed E-state index contributed by atoms with van der Waals surface area (Å²) in [5, 5.41) is 9.51. The standard InChI is InChI=1S/C23H19ClFN5O/c24-17-10-11-19(18(25)12-17)26-13-14-4-6-15(7-5-14)20-2-1-3-21-27-23(29-30(20)21)28-22(31)16-8-9-16/h1-7,10-12,16,26H,8-9,13H2,(H,28,29,31)/p+1. The van der Waals surface area contributed by atoms with Gasteiger partial charge >= 0.3 is 11.9 Å². The van der Waals surface area contributed by atoms with Crippen LogP contribution in [0.5, 0.6) is 0 Å². The molecular weight excluding hydrogens is 417 g/mol. The van der Waals surface area contributed by atoms with Crippen LogP contribution >= 0.6 is 11.6 Å². The molecule has 0 spiro atoms. The molecule has 1 fully saturated rings. The molecule has 2 aromatic carbocycles. The van der Waals surface area contributed by atoms with Crippen LogP contribution in [0.1, 0.15) is 18.4 Å². The summed E-state index contributed by atoms with van der Waals surface area (Å²) in [6.07, 6.45) is 1.92. The number of halogens is 2. The molecule has 2 heterocycles. The molecule has 4 aromatic rings. The molecule has 1 aliphatic rings. The highest BCUT2D eigenvalue weighted by Crippen LogP contribution is 2.28. The second kappa shape index (κ2) is 8.09. The number of aromatic nitrogens is 3. The van der Waals surface area contributed by atoms with Gasteiger partial charge in [0, 0.05) is 17.1 Å². The molecule has 0 unspecified atom stereocenters. The summed E-state index contributed by atoms with van der Waals surface area (Å²) in [7, 11) is 0. The SMILES string of the molecule is O=C([NH2+]c1nc2cccc(-c3ccc(CNc4ccc(Cl)cc4F)cc3)n2n1)C1CC1. The van der Waals surface area contributed by atoms with E-state index in [9.17, 15) is 9.18 Å². The van der Waals surface area contributed by atoms with Gasteiger partial charge in [-0.15, -0.1) is 0 Å². The van der Waals surface area contributed by atoms with Gasteiger partial charge in [0.2, 0.25) is 0 Å². The number of primary amides is 1. The molecule has 1 aliphatic carbocycles. The Hall–Kier alpha value is -3.29. The van der Waals surface area contributed by atoms with Gasteiger partial charge in [0.25, 0.3) is 0 Å². The van der Waals surface area contributed by atoms with Crippen LogP contribution < -0.4 is 10.6 Å². The Balaban J connectivity index is 1.34. The molecule has 3 N–H and O–H groups in total. The molecule has 1 amide bonds. The van der Waals surface area contributed by atoms with Crippen LogP contribution in [0.25, 0.3) is 16.9 Å². The first-order chi connectivity index (χ1) is 15.1. The number of quaternary nitrogens is 1. The fraction of sp³-hybridized carbons (Fsp3) is 0.174. The number of carbonyl (C=O) groups is 1. The third kappa shape index (κ3) is 4.28. The zero-order valence-electron chi connectivity index (χ0n) is 16.6. The second-order valence-corrected chi connectivity index (χ2v) is 8.08. The minimum absolute atomic E-state index is 0.103. The molecule has 2 aromatic heterocycles. The van der Waals surface area contributed by atoms with Crippen molar-refractivity contribution < 1.29 is 14.5 Å². The zero-order valence-corrected chi connectivity index (χ0v) is 17.3. The first-order valence-corrected chi connectivity index (χ1v) is 10.5. The van der Waals surface area contributed by atoms with E-state index in [1.54, 1.807) is 22.0 Å². The van der Waals surface area contributed by atoms with Crippen molar-refractivity contribution in [2.75, 3.05) is 5.32 Å². The Labute approximate surface area is 183 Å². The number of hydrogen-bond donors (Lipinski definition) is 2. The highest BCUT2D eigenvalue weighted by molar-refractivity contribution is 6.30. The number of hydrogen-bond acceptors (Lipinski definition) is 4. The third-order valence-electron chi connectivity index (χ3n) is 5.29. The van der Waals surface area contributed by atoms with Gasteiger partial charge in [-0.3, -0.25) is 0 Å². The van der Waals surface area contributed by atoms with Crippen LogP contribution in [0.4, 0.5) is 16.0 Å². The van der Waals surface area contributed by atoms with Gasteiger partial charge < -0.3 is 5.32 Å². The van der Waals surface area contributed by atoms with Crippen LogP contribution in [0, 0.1) is 11.7 Å². The number of nitrogens with one attached hydrogen (secondary N) is 1. The van der Waals surface area contributed by atoms with E-state index in [0.29, 0.717) is 28.9 Å². The van der Waals surface area contributed by atoms with Crippen LogP contribution in [0.15, 0.2) is 60.7 Å². The average molecular weight is 437 g/mol. The predicted octanol–water partition coefficient (Wildman–Crippen LogP) is 3.93. The number of carbonyl (C=O) groups excluding carboxylic acids is 1. The Bertz CT molecular complexity index is 1270. The Kier molecular flexibility index (Phi) is 5.13. The van der Waals surface area contributed by atoms with E-state index in [4.69, 9.17) is 11.6 Å². The molecule has 6 nitrogen and oxygen atoms in total. The number of amides is 1. The van der Waals surface area contributed by atoms with E-state index in [-0.39, 0.29) is 17.6 Å². The smallest absolute Gasteiger partial charge is 0.352 e. The van der Waals surface area contributed by atoms with Gasteiger partial charge in [-0.2, -0.15) is 4.98 Å². The summed E-state index contributed by atoms with van der Waals surface area (Å²) < 4.78 is 15.7. The van der Waals surface area contributed by atoms with Crippen molar-refractivity contribution in [2.45, 2.75) is 19.4 Å². The molecular formula is C23H20ClFN5O+. The molecule has 0 atom stereocenters. The number of nitrogens with two attached hydrogens (primary N) is 1. The molecule has 5 rings (SSSR count). The Morgan fingerprint density at radius 1 is 1.16 bits per heavy atom. The quantitative estimate of drug-likeness (QED) is 0.480. The van der Waals surface area contributed by atoms with Crippen molar-refractivity contribution >= 4 is 34.8 Å². The summed E-state index contributed by atoms with van der Waals surface area (Å²) >= 11 is 5.80. The summed E-state index contributed by atoms with van der Waals surface area (Å²) in [5.74, 6) is 0.310. The first-order valence-electron chi connectivity index (χ1n) is 10.1. The summed E-state index contributed by atoms with van der Waals surface area (Å²) in [6, 6.07) is 18.3. The van der Waals surface area contributed by atoms with Crippen LogP contribution in [0.3, 0.4) is 0 Å². The average Bonchev–Trinajstić information content (AvgIpc) is 3.53. The maximum atomic E-state index is 13.9. The number of rotatable bonds is 6. The molecule has 0 saturated heterocycles. The summed E-state index contributed by atoms with van der Waals surface area (Å²) in [4.78, 5) is 16.5. The number of anilines is 1. The van der Waals surface area contributed by atoms with Gasteiger partial charge in [-0.1, -0.05) is 47.0 Å². The molecule has 31 heavy (non-hydrogen) atoms. The molecule has 1 saturated carbocycles. The largest absolute Gasteiger partial charge is 0.379 e. The minimum Gasteiger partial charge on any atom is -0.379 e. The maximum Gasteiger partial charge on any atom is 0.352 e. The van der Waals surface area contributed by atoms with Gasteiger partial charge in [0.1, 0.15) is 5.82 Å². The van der Waals surface area contributed by atoms with Gasteiger partial charge in [-0.05, 0) is 48.7 Å². The molecule has 156 valence electrons. The van der Waals surface area contributed by atoms with Gasteiger partial charge in [0.15, 0.2) is 5.65 Å². The lowest BCUT2D eigenvalue weighted by atomic mass is 10.1. The summed E-state index contributed by atoms with van der Waals surface area (Å²) in [5.41, 5.74) is 3.96. The van der Waals surface area contributed by atoms with Crippen molar-refractivity contribution in [3.63, 3.8) is 0 Å². The number of pyridine rings is 1. The summed E-state index contributed by atoms with van der Waals surface area (Å²) in [6.45, 7) is 0.481. The van der Waals surface area contributed by atoms with Crippen molar-refractivity contribution in [1.29, 1.82) is 0 Å². The molecule has 0 radical (unpaired) electrons. The van der Waals surface area contributed by atoms with E-state index in [1.165, 1.54) is 6.07 Å². The van der Waals surface area contributed by atoms with Crippen molar-refractivity contribution in [2.24, 2.45) is 5.92 Å². The van der Waals surface area contributed by atoms with Crippen LogP contribution in [-0.4, -0.2) is 20.5 Å². The van der Waals surface area contributed by atoms with Gasteiger partial charge in [-0.25, -0.2) is 19.0 Å².